The van der Waals surface area contributed by atoms with E-state index in [1.54, 1.807) is 6.08 Å². The van der Waals surface area contributed by atoms with Crippen LogP contribution in [0.2, 0.25) is 0 Å². The fraction of sp³-hybridized carbons (Fsp3) is 0. The predicted octanol–water partition coefficient (Wildman–Crippen LogP) is 0.681. The van der Waals surface area contributed by atoms with E-state index in [2.05, 4.69) is 0 Å². The SMILES string of the molecule is [2H]C1=CC=CC1=O. The van der Waals surface area contributed by atoms with Crippen LogP contribution in [0.5, 0.6) is 0 Å². The highest BCUT2D eigenvalue weighted by Gasteiger charge is 1.88. The Bertz CT molecular complexity index is 155. The molecule has 0 fully saturated rings. The van der Waals surface area contributed by atoms with E-state index in [0.29, 0.717) is 0 Å². The summed E-state index contributed by atoms with van der Waals surface area (Å²) in [6, 6.07) is 0.0833. The van der Waals surface area contributed by atoms with Gasteiger partial charge in [0, 0.05) is 0 Å². The summed E-state index contributed by atoms with van der Waals surface area (Å²) in [5.41, 5.74) is 0. The molecule has 0 spiro atoms. The zero-order chi connectivity index (χ0) is 5.28. The second-order valence-corrected chi connectivity index (χ2v) is 1.03. The van der Waals surface area contributed by atoms with Gasteiger partial charge < -0.3 is 0 Å². The van der Waals surface area contributed by atoms with Crippen molar-refractivity contribution in [2.75, 3.05) is 0 Å². The lowest BCUT2D eigenvalue weighted by atomic mass is 10.5. The summed E-state index contributed by atoms with van der Waals surface area (Å²) >= 11 is 0. The molecule has 1 nitrogen and oxygen atoms in total. The summed E-state index contributed by atoms with van der Waals surface area (Å²) in [4.78, 5) is 10.2. The van der Waals surface area contributed by atoms with Crippen LogP contribution in [0.1, 0.15) is 1.37 Å². The minimum atomic E-state index is -0.194. The third kappa shape index (κ3) is 0.385. The molecule has 0 radical (unpaired) electrons. The third-order valence-electron chi connectivity index (χ3n) is 0.569. The van der Waals surface area contributed by atoms with Gasteiger partial charge in [-0.25, -0.2) is 0 Å². The van der Waals surface area contributed by atoms with Crippen molar-refractivity contribution >= 4 is 5.78 Å². The van der Waals surface area contributed by atoms with E-state index in [1.165, 1.54) is 12.2 Å². The van der Waals surface area contributed by atoms with Crippen molar-refractivity contribution in [2.24, 2.45) is 0 Å². The minimum Gasteiger partial charge on any atom is -0.290 e. The standard InChI is InChI=1S/C5H4O/c6-5-3-1-2-4-5/h1-4H/i3D. The first-order valence-electron chi connectivity index (χ1n) is 2.20. The third-order valence-corrected chi connectivity index (χ3v) is 0.569. The number of carbonyl (C=O) groups excluding carboxylic acids is 1. The van der Waals surface area contributed by atoms with Crippen molar-refractivity contribution in [1.29, 1.82) is 0 Å². The highest BCUT2D eigenvalue weighted by Crippen LogP contribution is 1.89. The van der Waals surface area contributed by atoms with Crippen molar-refractivity contribution < 1.29 is 6.17 Å². The molecular formula is C5H4O. The van der Waals surface area contributed by atoms with Gasteiger partial charge in [-0.3, -0.25) is 4.79 Å². The first kappa shape index (κ1) is 2.35. The second-order valence-electron chi connectivity index (χ2n) is 1.03. The minimum absolute atomic E-state index is 0.0833. The molecule has 0 atom stereocenters. The highest BCUT2D eigenvalue weighted by atomic mass is 16.1. The van der Waals surface area contributed by atoms with E-state index in [0.717, 1.165) is 0 Å². The summed E-state index contributed by atoms with van der Waals surface area (Å²) in [5.74, 6) is -0.194. The van der Waals surface area contributed by atoms with E-state index in [-0.39, 0.29) is 11.8 Å². The highest BCUT2D eigenvalue weighted by molar-refractivity contribution is 6.01. The molecule has 0 amide bonds. The van der Waals surface area contributed by atoms with Crippen LogP contribution in [0.4, 0.5) is 0 Å². The second kappa shape index (κ2) is 1.09. The maximum atomic E-state index is 10.2. The van der Waals surface area contributed by atoms with Crippen molar-refractivity contribution in [3.8, 4) is 0 Å². The zero-order valence-electron chi connectivity index (χ0n) is 4.14. The number of ketones is 1. The molecule has 1 aliphatic rings. The van der Waals surface area contributed by atoms with Gasteiger partial charge in [0.25, 0.3) is 0 Å². The van der Waals surface area contributed by atoms with Crippen molar-refractivity contribution in [3.05, 3.63) is 24.3 Å². The fourth-order valence-corrected chi connectivity index (χ4v) is 0.314. The molecule has 0 aromatic carbocycles. The van der Waals surface area contributed by atoms with Crippen LogP contribution >= 0.6 is 0 Å². The molecule has 0 N–H and O–H groups in total. The lowest BCUT2D eigenvalue weighted by Gasteiger charge is -1.62. The summed E-state index contributed by atoms with van der Waals surface area (Å²) in [6.45, 7) is 0. The molecule has 0 bridgehead atoms. The van der Waals surface area contributed by atoms with Gasteiger partial charge in [-0.15, -0.1) is 0 Å². The first-order valence-corrected chi connectivity index (χ1v) is 1.70. The molecule has 0 heterocycles. The summed E-state index contributed by atoms with van der Waals surface area (Å²) in [6.07, 6.45) is 4.43. The fourth-order valence-electron chi connectivity index (χ4n) is 0.314. The molecule has 0 unspecified atom stereocenters. The summed E-state index contributed by atoms with van der Waals surface area (Å²) in [5, 5.41) is 0. The molecule has 6 heavy (non-hydrogen) atoms. The summed E-state index contributed by atoms with van der Waals surface area (Å²) in [7, 11) is 0. The van der Waals surface area contributed by atoms with Gasteiger partial charge in [-0.1, -0.05) is 12.2 Å². The van der Waals surface area contributed by atoms with Gasteiger partial charge in [0.1, 0.15) is 0 Å². The molecule has 0 aliphatic heterocycles. The number of carbonyl (C=O) groups is 1. The molecule has 1 aliphatic carbocycles. The number of hydrogen-bond donors (Lipinski definition) is 0. The Balaban J connectivity index is 2.89. The van der Waals surface area contributed by atoms with Crippen LogP contribution in [0.3, 0.4) is 0 Å². The van der Waals surface area contributed by atoms with Crippen molar-refractivity contribution in [3.63, 3.8) is 0 Å². The average molecular weight is 81.1 g/mol. The van der Waals surface area contributed by atoms with Gasteiger partial charge in [-0.2, -0.15) is 0 Å². The van der Waals surface area contributed by atoms with Gasteiger partial charge in [0.05, 0.1) is 1.37 Å². The van der Waals surface area contributed by atoms with Gasteiger partial charge in [0.2, 0.25) is 0 Å². The zero-order valence-corrected chi connectivity index (χ0v) is 3.14. The van der Waals surface area contributed by atoms with Crippen molar-refractivity contribution in [2.45, 2.75) is 0 Å². The first-order chi connectivity index (χ1) is 3.30. The molecule has 0 saturated carbocycles. The molecular weight excluding hydrogens is 76.1 g/mol. The molecule has 1 heteroatoms. The van der Waals surface area contributed by atoms with E-state index in [9.17, 15) is 4.79 Å². The Morgan fingerprint density at radius 3 is 2.67 bits per heavy atom. The normalized spacial score (nSPS) is 21.0. The van der Waals surface area contributed by atoms with E-state index in [1.807, 2.05) is 0 Å². The predicted molar refractivity (Wildman–Crippen MR) is 23.3 cm³/mol. The van der Waals surface area contributed by atoms with Crippen LogP contribution < -0.4 is 0 Å². The number of rotatable bonds is 0. The Kier molecular flexibility index (Phi) is 0.426. The Morgan fingerprint density at radius 1 is 1.67 bits per heavy atom. The van der Waals surface area contributed by atoms with Crippen molar-refractivity contribution in [1.82, 2.24) is 0 Å². The van der Waals surface area contributed by atoms with E-state index < -0.39 is 0 Å². The quantitative estimate of drug-likeness (QED) is 0.419. The number of allylic oxidation sites excluding steroid dienone is 4. The average Bonchev–Trinajstić information content (AvgIpc) is 1.91. The summed E-state index contributed by atoms with van der Waals surface area (Å²) < 4.78 is 6.79. The maximum absolute atomic E-state index is 10.2. The smallest absolute Gasteiger partial charge is 0.178 e. The largest absolute Gasteiger partial charge is 0.290 e. The van der Waals surface area contributed by atoms with E-state index >= 15 is 0 Å². The molecule has 1 rings (SSSR count). The van der Waals surface area contributed by atoms with Gasteiger partial charge >= 0.3 is 0 Å². The molecule has 0 aromatic rings. The van der Waals surface area contributed by atoms with Gasteiger partial charge in [-0.05, 0) is 12.1 Å². The Morgan fingerprint density at radius 2 is 2.50 bits per heavy atom. The molecule has 0 saturated heterocycles. The monoisotopic (exact) mass is 81.0 g/mol. The topological polar surface area (TPSA) is 17.1 Å². The lowest BCUT2D eigenvalue weighted by Crippen LogP contribution is -1.75. The van der Waals surface area contributed by atoms with Gasteiger partial charge in [0.15, 0.2) is 5.78 Å². The van der Waals surface area contributed by atoms with Crippen LogP contribution in [-0.4, -0.2) is 5.78 Å². The van der Waals surface area contributed by atoms with Crippen LogP contribution in [-0.2, 0) is 4.79 Å². The van der Waals surface area contributed by atoms with E-state index in [4.69, 9.17) is 1.37 Å². The van der Waals surface area contributed by atoms with Crippen LogP contribution in [0, 0.1) is 0 Å². The van der Waals surface area contributed by atoms with Crippen LogP contribution in [0.15, 0.2) is 24.3 Å². The molecule has 30 valence electrons. The molecule has 0 aromatic heterocycles. The lowest BCUT2D eigenvalue weighted by molar-refractivity contribution is -0.110. The Labute approximate surface area is 37.4 Å². The van der Waals surface area contributed by atoms with Crippen LogP contribution in [0.25, 0.3) is 0 Å². The maximum Gasteiger partial charge on any atom is 0.178 e. The number of hydrogen-bond acceptors (Lipinski definition) is 1. The Hall–Kier alpha value is -0.850.